The SMILES string of the molecule is CCn1ncc(Oc2ccccc2Cl)c1Br. The van der Waals surface area contributed by atoms with Crippen molar-refractivity contribution < 1.29 is 4.74 Å². The molecule has 0 fully saturated rings. The van der Waals surface area contributed by atoms with Crippen molar-refractivity contribution in [3.05, 3.63) is 40.1 Å². The highest BCUT2D eigenvalue weighted by atomic mass is 79.9. The van der Waals surface area contributed by atoms with Gasteiger partial charge in [0, 0.05) is 6.54 Å². The average molecular weight is 302 g/mol. The zero-order chi connectivity index (χ0) is 11.5. The molecular formula is C11H10BrClN2O. The first-order valence-corrected chi connectivity index (χ1v) is 6.03. The van der Waals surface area contributed by atoms with E-state index < -0.39 is 0 Å². The molecular weight excluding hydrogens is 291 g/mol. The van der Waals surface area contributed by atoms with Crippen LogP contribution in [-0.4, -0.2) is 9.78 Å². The van der Waals surface area contributed by atoms with E-state index >= 15 is 0 Å². The Morgan fingerprint density at radius 2 is 2.12 bits per heavy atom. The number of aromatic nitrogens is 2. The number of hydrogen-bond donors (Lipinski definition) is 0. The molecule has 0 unspecified atom stereocenters. The molecule has 1 aromatic carbocycles. The molecule has 2 aromatic rings. The van der Waals surface area contributed by atoms with Crippen LogP contribution in [-0.2, 0) is 6.54 Å². The highest BCUT2D eigenvalue weighted by Gasteiger charge is 2.10. The minimum absolute atomic E-state index is 0.582. The van der Waals surface area contributed by atoms with Gasteiger partial charge in [-0.3, -0.25) is 4.68 Å². The van der Waals surface area contributed by atoms with Gasteiger partial charge in [-0.2, -0.15) is 5.10 Å². The van der Waals surface area contributed by atoms with Crippen LogP contribution in [0.4, 0.5) is 0 Å². The van der Waals surface area contributed by atoms with Crippen LogP contribution in [0.15, 0.2) is 35.1 Å². The molecule has 0 aliphatic rings. The third kappa shape index (κ3) is 2.23. The second-order valence-corrected chi connectivity index (χ2v) is 4.31. The van der Waals surface area contributed by atoms with Crippen molar-refractivity contribution in [3.8, 4) is 11.5 Å². The van der Waals surface area contributed by atoms with Gasteiger partial charge >= 0.3 is 0 Å². The molecule has 5 heteroatoms. The van der Waals surface area contributed by atoms with Crippen LogP contribution >= 0.6 is 27.5 Å². The average Bonchev–Trinajstić information content (AvgIpc) is 2.63. The van der Waals surface area contributed by atoms with E-state index in [4.69, 9.17) is 16.3 Å². The zero-order valence-electron chi connectivity index (χ0n) is 8.65. The fourth-order valence-corrected chi connectivity index (χ4v) is 1.99. The molecule has 84 valence electrons. The summed E-state index contributed by atoms with van der Waals surface area (Å²) >= 11 is 9.43. The molecule has 2 rings (SSSR count). The zero-order valence-corrected chi connectivity index (χ0v) is 11.0. The summed E-state index contributed by atoms with van der Waals surface area (Å²) in [4.78, 5) is 0. The Bertz CT molecular complexity index is 498. The molecule has 1 aromatic heterocycles. The predicted molar refractivity (Wildman–Crippen MR) is 67.1 cm³/mol. The third-order valence-electron chi connectivity index (χ3n) is 2.10. The van der Waals surface area contributed by atoms with Crippen molar-refractivity contribution in [3.63, 3.8) is 0 Å². The first kappa shape index (κ1) is 11.5. The van der Waals surface area contributed by atoms with Crippen molar-refractivity contribution in [1.82, 2.24) is 9.78 Å². The van der Waals surface area contributed by atoms with Crippen LogP contribution < -0.4 is 4.74 Å². The van der Waals surface area contributed by atoms with E-state index in [1.54, 1.807) is 16.9 Å². The summed E-state index contributed by atoms with van der Waals surface area (Å²) in [6.07, 6.45) is 1.66. The van der Waals surface area contributed by atoms with Crippen molar-refractivity contribution in [2.45, 2.75) is 13.5 Å². The standard InChI is InChI=1S/C11H10BrClN2O/c1-2-15-11(12)10(7-14-15)16-9-6-4-3-5-8(9)13/h3-7H,2H2,1H3. The van der Waals surface area contributed by atoms with Gasteiger partial charge in [0.1, 0.15) is 10.4 Å². The fourth-order valence-electron chi connectivity index (χ4n) is 1.29. The van der Waals surface area contributed by atoms with Gasteiger partial charge < -0.3 is 4.74 Å². The molecule has 1 heterocycles. The minimum Gasteiger partial charge on any atom is -0.451 e. The van der Waals surface area contributed by atoms with E-state index in [9.17, 15) is 0 Å². The summed E-state index contributed by atoms with van der Waals surface area (Å²) in [7, 11) is 0. The number of aryl methyl sites for hydroxylation is 1. The first-order chi connectivity index (χ1) is 7.72. The first-order valence-electron chi connectivity index (χ1n) is 4.86. The smallest absolute Gasteiger partial charge is 0.179 e. The van der Waals surface area contributed by atoms with Crippen molar-refractivity contribution in [1.29, 1.82) is 0 Å². The van der Waals surface area contributed by atoms with Crippen molar-refractivity contribution in [2.75, 3.05) is 0 Å². The number of halogens is 2. The van der Waals surface area contributed by atoms with E-state index in [-0.39, 0.29) is 0 Å². The van der Waals surface area contributed by atoms with Crippen LogP contribution in [0.25, 0.3) is 0 Å². The van der Waals surface area contributed by atoms with Gasteiger partial charge in [-0.15, -0.1) is 0 Å². The van der Waals surface area contributed by atoms with Crippen LogP contribution in [0.2, 0.25) is 5.02 Å². The normalized spacial score (nSPS) is 10.4. The molecule has 0 radical (unpaired) electrons. The lowest BCUT2D eigenvalue weighted by Crippen LogP contribution is -1.95. The van der Waals surface area contributed by atoms with E-state index in [0.29, 0.717) is 16.5 Å². The number of para-hydroxylation sites is 1. The minimum atomic E-state index is 0.582. The number of nitrogens with zero attached hydrogens (tertiary/aromatic N) is 2. The van der Waals surface area contributed by atoms with Crippen LogP contribution in [0.5, 0.6) is 11.5 Å². The second kappa shape index (κ2) is 4.89. The molecule has 0 atom stereocenters. The Morgan fingerprint density at radius 1 is 1.38 bits per heavy atom. The fraction of sp³-hybridized carbons (Fsp3) is 0.182. The molecule has 0 aliphatic carbocycles. The summed E-state index contributed by atoms with van der Waals surface area (Å²) in [5.74, 6) is 1.29. The summed E-state index contributed by atoms with van der Waals surface area (Å²) in [6, 6.07) is 7.34. The number of benzene rings is 1. The maximum absolute atomic E-state index is 6.00. The van der Waals surface area contributed by atoms with Gasteiger partial charge in [0.15, 0.2) is 5.75 Å². The van der Waals surface area contributed by atoms with Crippen LogP contribution in [0.1, 0.15) is 6.92 Å². The highest BCUT2D eigenvalue weighted by Crippen LogP contribution is 2.33. The molecule has 0 bridgehead atoms. The molecule has 0 amide bonds. The lowest BCUT2D eigenvalue weighted by Gasteiger charge is -2.05. The van der Waals surface area contributed by atoms with Crippen LogP contribution in [0.3, 0.4) is 0 Å². The summed E-state index contributed by atoms with van der Waals surface area (Å²) in [6.45, 7) is 2.80. The summed E-state index contributed by atoms with van der Waals surface area (Å²) in [5.41, 5.74) is 0. The third-order valence-corrected chi connectivity index (χ3v) is 3.21. The molecule has 0 N–H and O–H groups in total. The second-order valence-electron chi connectivity index (χ2n) is 3.15. The molecule has 0 spiro atoms. The lowest BCUT2D eigenvalue weighted by molar-refractivity contribution is 0.477. The summed E-state index contributed by atoms with van der Waals surface area (Å²) in [5, 5.41) is 4.74. The van der Waals surface area contributed by atoms with Crippen molar-refractivity contribution >= 4 is 27.5 Å². The predicted octanol–water partition coefficient (Wildman–Crippen LogP) is 4.11. The van der Waals surface area contributed by atoms with Gasteiger partial charge in [-0.05, 0) is 35.0 Å². The molecule has 16 heavy (non-hydrogen) atoms. The van der Waals surface area contributed by atoms with Gasteiger partial charge in [-0.25, -0.2) is 0 Å². The van der Waals surface area contributed by atoms with Crippen LogP contribution in [0, 0.1) is 0 Å². The van der Waals surface area contributed by atoms with E-state index in [1.807, 2.05) is 25.1 Å². The Balaban J connectivity index is 2.27. The highest BCUT2D eigenvalue weighted by molar-refractivity contribution is 9.10. The Kier molecular flexibility index (Phi) is 3.51. The van der Waals surface area contributed by atoms with E-state index in [1.165, 1.54) is 0 Å². The van der Waals surface area contributed by atoms with Gasteiger partial charge in [-0.1, -0.05) is 23.7 Å². The van der Waals surface area contributed by atoms with Gasteiger partial charge in [0.05, 0.1) is 11.2 Å². The maximum Gasteiger partial charge on any atom is 0.179 e. The van der Waals surface area contributed by atoms with E-state index in [2.05, 4.69) is 21.0 Å². The molecule has 0 saturated carbocycles. The maximum atomic E-state index is 6.00. The van der Waals surface area contributed by atoms with Gasteiger partial charge in [0.2, 0.25) is 0 Å². The monoisotopic (exact) mass is 300 g/mol. The quantitative estimate of drug-likeness (QED) is 0.853. The Morgan fingerprint density at radius 3 is 2.75 bits per heavy atom. The molecule has 0 aliphatic heterocycles. The molecule has 0 saturated heterocycles. The largest absolute Gasteiger partial charge is 0.451 e. The lowest BCUT2D eigenvalue weighted by atomic mass is 10.3. The number of hydrogen-bond acceptors (Lipinski definition) is 2. The number of ether oxygens (including phenoxy) is 1. The summed E-state index contributed by atoms with van der Waals surface area (Å²) < 4.78 is 8.27. The topological polar surface area (TPSA) is 27.1 Å². The number of rotatable bonds is 3. The Hall–Kier alpha value is -1.000. The van der Waals surface area contributed by atoms with E-state index in [0.717, 1.165) is 11.1 Å². The van der Waals surface area contributed by atoms with Crippen molar-refractivity contribution in [2.24, 2.45) is 0 Å². The Labute approximate surface area is 107 Å². The van der Waals surface area contributed by atoms with Gasteiger partial charge in [0.25, 0.3) is 0 Å². The molecule has 3 nitrogen and oxygen atoms in total.